The number of imidazole rings is 1. The van der Waals surface area contributed by atoms with Crippen molar-refractivity contribution >= 4 is 28.8 Å². The Hall–Kier alpha value is -3.76. The number of rotatable bonds is 18. The van der Waals surface area contributed by atoms with Crippen molar-refractivity contribution in [2.75, 3.05) is 13.6 Å². The van der Waals surface area contributed by atoms with Gasteiger partial charge in [-0.1, -0.05) is 87.9 Å². The Morgan fingerprint density at radius 2 is 1.65 bits per heavy atom. The van der Waals surface area contributed by atoms with Gasteiger partial charge in [0.05, 0.1) is 35.4 Å². The van der Waals surface area contributed by atoms with Crippen molar-refractivity contribution in [3.63, 3.8) is 0 Å². The predicted molar refractivity (Wildman–Crippen MR) is 190 cm³/mol. The van der Waals surface area contributed by atoms with Crippen LogP contribution in [-0.2, 0) is 27.3 Å². The average molecular weight is 674 g/mol. The van der Waals surface area contributed by atoms with E-state index < -0.39 is 30.2 Å². The number of aliphatic hydroxyl groups excluding tert-OH is 2. The Kier molecular flexibility index (Phi) is 13.2. The Balaban J connectivity index is 1.25. The van der Waals surface area contributed by atoms with E-state index in [9.17, 15) is 24.6 Å². The molecule has 2 aliphatic rings. The molecular weight excluding hydrogens is 618 g/mol. The summed E-state index contributed by atoms with van der Waals surface area (Å²) in [6.07, 6.45) is 9.23. The van der Waals surface area contributed by atoms with Gasteiger partial charge in [-0.05, 0) is 61.6 Å². The Morgan fingerprint density at radius 1 is 0.939 bits per heavy atom. The number of hydrogen-bond donors (Lipinski definition) is 4. The van der Waals surface area contributed by atoms with Crippen LogP contribution in [0.5, 0.6) is 0 Å². The molecule has 0 saturated heterocycles. The van der Waals surface area contributed by atoms with E-state index in [0.29, 0.717) is 44.7 Å². The summed E-state index contributed by atoms with van der Waals surface area (Å²) in [6, 6.07) is 16.1. The Bertz CT molecular complexity index is 1500. The van der Waals surface area contributed by atoms with E-state index in [1.165, 1.54) is 6.42 Å². The number of likely N-dealkylation sites (N-methyl/N-ethyl adjacent to an activating group) is 1. The van der Waals surface area contributed by atoms with Gasteiger partial charge in [-0.2, -0.15) is 0 Å². The highest BCUT2D eigenvalue weighted by atomic mass is 16.3. The van der Waals surface area contributed by atoms with Crippen molar-refractivity contribution in [1.29, 1.82) is 0 Å². The number of benzene rings is 2. The maximum Gasteiger partial charge on any atom is 0.242 e. The van der Waals surface area contributed by atoms with Crippen molar-refractivity contribution in [1.82, 2.24) is 25.1 Å². The summed E-state index contributed by atoms with van der Waals surface area (Å²) in [5.74, 6) is -1.08. The van der Waals surface area contributed by atoms with Crippen LogP contribution in [-0.4, -0.2) is 80.3 Å². The van der Waals surface area contributed by atoms with Crippen molar-refractivity contribution in [2.24, 2.45) is 17.8 Å². The monoisotopic (exact) mass is 673 g/mol. The van der Waals surface area contributed by atoms with Crippen molar-refractivity contribution in [3.05, 3.63) is 66.5 Å². The maximum atomic E-state index is 14.0. The number of carbonyl (C=O) groups is 3. The first-order chi connectivity index (χ1) is 23.7. The average Bonchev–Trinajstić information content (AvgIpc) is 3.89. The van der Waals surface area contributed by atoms with Crippen LogP contribution in [0.4, 0.5) is 0 Å². The standard InChI is InChI=1S/C39H55N5O5/c1-3-12-32(39(49)42-33(24-28-15-8-5-9-16-28)37(47)36(46)29-19-20-29)41-38(48)30(23-27-13-6-4-7-14-27)25-35(45)43(2)21-22-44-26-40-31-17-10-11-18-34(31)44/h4,6-7,10-11,13-14,17-18,26,28-30,32-33,36-37,46-47H,3,5,8-9,12,15-16,19-25H2,1-2H3,(H,41,48)(H,42,49)/t30-,32?,33+,36+,37?/m1/s1. The van der Waals surface area contributed by atoms with Crippen LogP contribution in [0.25, 0.3) is 11.0 Å². The fourth-order valence-electron chi connectivity index (χ4n) is 7.24. The fourth-order valence-corrected chi connectivity index (χ4v) is 7.24. The highest BCUT2D eigenvalue weighted by molar-refractivity contribution is 5.91. The molecule has 0 radical (unpaired) electrons. The zero-order valence-corrected chi connectivity index (χ0v) is 29.2. The summed E-state index contributed by atoms with van der Waals surface area (Å²) in [4.78, 5) is 47.4. The minimum atomic E-state index is -1.06. The van der Waals surface area contributed by atoms with Gasteiger partial charge in [0.1, 0.15) is 12.1 Å². The second-order valence-electron chi connectivity index (χ2n) is 14.4. The topological polar surface area (TPSA) is 137 Å². The summed E-state index contributed by atoms with van der Waals surface area (Å²) in [5.41, 5.74) is 2.83. The van der Waals surface area contributed by atoms with Gasteiger partial charge >= 0.3 is 0 Å². The summed E-state index contributed by atoms with van der Waals surface area (Å²) in [7, 11) is 1.75. The summed E-state index contributed by atoms with van der Waals surface area (Å²) in [6.45, 7) is 2.98. The van der Waals surface area contributed by atoms with E-state index in [2.05, 4.69) is 15.6 Å². The number of para-hydroxylation sites is 2. The first-order valence-electron chi connectivity index (χ1n) is 18.4. The van der Waals surface area contributed by atoms with Crippen LogP contribution in [0, 0.1) is 17.8 Å². The lowest BCUT2D eigenvalue weighted by molar-refractivity contribution is -0.137. The number of aliphatic hydroxyl groups is 2. The minimum Gasteiger partial charge on any atom is -0.390 e. The Morgan fingerprint density at radius 3 is 2.37 bits per heavy atom. The van der Waals surface area contributed by atoms with Gasteiger partial charge in [0.2, 0.25) is 17.7 Å². The molecule has 1 heterocycles. The summed E-state index contributed by atoms with van der Waals surface area (Å²) < 4.78 is 2.02. The lowest BCUT2D eigenvalue weighted by Gasteiger charge is -2.33. The molecule has 5 rings (SSSR count). The van der Waals surface area contributed by atoms with Gasteiger partial charge in [-0.3, -0.25) is 14.4 Å². The van der Waals surface area contributed by atoms with Crippen LogP contribution in [0.15, 0.2) is 60.9 Å². The highest BCUT2D eigenvalue weighted by Crippen LogP contribution is 2.36. The lowest BCUT2D eigenvalue weighted by Crippen LogP contribution is -2.56. The first-order valence-corrected chi connectivity index (χ1v) is 18.4. The van der Waals surface area contributed by atoms with Crippen LogP contribution in [0.1, 0.15) is 83.1 Å². The molecule has 0 bridgehead atoms. The van der Waals surface area contributed by atoms with Crippen molar-refractivity contribution in [2.45, 2.75) is 115 Å². The molecule has 4 N–H and O–H groups in total. The van der Waals surface area contributed by atoms with E-state index in [1.54, 1.807) is 18.3 Å². The van der Waals surface area contributed by atoms with Gasteiger partial charge in [0.25, 0.3) is 0 Å². The van der Waals surface area contributed by atoms with Gasteiger partial charge in [-0.25, -0.2) is 4.98 Å². The fraction of sp³-hybridized carbons (Fsp3) is 0.590. The minimum absolute atomic E-state index is 0.00102. The van der Waals surface area contributed by atoms with Crippen LogP contribution in [0.2, 0.25) is 0 Å². The zero-order valence-electron chi connectivity index (χ0n) is 29.2. The summed E-state index contributed by atoms with van der Waals surface area (Å²) >= 11 is 0. The molecule has 266 valence electrons. The van der Waals surface area contributed by atoms with E-state index in [-0.39, 0.29) is 30.1 Å². The number of hydrogen-bond acceptors (Lipinski definition) is 6. The molecular formula is C39H55N5O5. The van der Waals surface area contributed by atoms with Crippen molar-refractivity contribution < 1.29 is 24.6 Å². The molecule has 2 aromatic carbocycles. The molecule has 3 aromatic rings. The van der Waals surface area contributed by atoms with E-state index in [1.807, 2.05) is 66.1 Å². The number of fused-ring (bicyclic) bond motifs is 1. The van der Waals surface area contributed by atoms with Crippen LogP contribution >= 0.6 is 0 Å². The number of aromatic nitrogens is 2. The number of nitrogens with zero attached hydrogens (tertiary/aromatic N) is 3. The summed E-state index contributed by atoms with van der Waals surface area (Å²) in [5, 5.41) is 28.1. The lowest BCUT2D eigenvalue weighted by atomic mass is 9.82. The molecule has 49 heavy (non-hydrogen) atoms. The van der Waals surface area contributed by atoms with Crippen LogP contribution < -0.4 is 10.6 Å². The molecule has 2 saturated carbocycles. The quantitative estimate of drug-likeness (QED) is 0.156. The van der Waals surface area contributed by atoms with E-state index in [0.717, 1.165) is 55.1 Å². The second kappa shape index (κ2) is 17.8. The number of carbonyl (C=O) groups excluding carboxylic acids is 3. The normalized spacial score (nSPS) is 18.3. The first kappa shape index (κ1) is 36.5. The van der Waals surface area contributed by atoms with Gasteiger partial charge in [0, 0.05) is 26.6 Å². The molecule has 0 spiro atoms. The second-order valence-corrected chi connectivity index (χ2v) is 14.4. The van der Waals surface area contributed by atoms with E-state index in [4.69, 9.17) is 0 Å². The molecule has 10 heteroatoms. The van der Waals surface area contributed by atoms with Crippen LogP contribution in [0.3, 0.4) is 0 Å². The van der Waals surface area contributed by atoms with Gasteiger partial charge in [-0.15, -0.1) is 0 Å². The number of nitrogens with one attached hydrogen (secondary N) is 2. The highest BCUT2D eigenvalue weighted by Gasteiger charge is 2.40. The Labute approximate surface area is 290 Å². The van der Waals surface area contributed by atoms with Crippen molar-refractivity contribution in [3.8, 4) is 0 Å². The van der Waals surface area contributed by atoms with E-state index >= 15 is 0 Å². The predicted octanol–water partition coefficient (Wildman–Crippen LogP) is 4.62. The van der Waals surface area contributed by atoms with Gasteiger partial charge in [0.15, 0.2) is 0 Å². The molecule has 2 aliphatic carbocycles. The molecule has 0 aliphatic heterocycles. The molecule has 2 unspecified atom stereocenters. The molecule has 10 nitrogen and oxygen atoms in total. The molecule has 1 aromatic heterocycles. The smallest absolute Gasteiger partial charge is 0.242 e. The molecule has 2 fully saturated rings. The largest absolute Gasteiger partial charge is 0.390 e. The SMILES string of the molecule is CCCC(NC(=O)[C@@H](CC(=O)N(C)CCn1cnc2ccccc21)Cc1ccccc1)C(=O)N[C@@H](CC1CCCCC1)C(O)[C@@H](O)C1CC1. The van der Waals surface area contributed by atoms with Gasteiger partial charge < -0.3 is 30.3 Å². The zero-order chi connectivity index (χ0) is 34.8. The molecule has 3 amide bonds. The third-order valence-electron chi connectivity index (χ3n) is 10.5. The third kappa shape index (κ3) is 10.4. The molecule has 5 atom stereocenters. The third-order valence-corrected chi connectivity index (χ3v) is 10.5. The maximum absolute atomic E-state index is 14.0. The number of amides is 3.